The summed E-state index contributed by atoms with van der Waals surface area (Å²) in [6, 6.07) is 5.74. The average molecular weight is 552 g/mol. The van der Waals surface area contributed by atoms with E-state index in [0.29, 0.717) is 36.4 Å². The number of benzene rings is 1. The Hall–Kier alpha value is -3.71. The summed E-state index contributed by atoms with van der Waals surface area (Å²) in [5.74, 6) is 0.287. The Bertz CT molecular complexity index is 1460. The summed E-state index contributed by atoms with van der Waals surface area (Å²) >= 11 is 0. The van der Waals surface area contributed by atoms with Crippen LogP contribution in [0.1, 0.15) is 46.0 Å². The molecular weight excluding hydrogens is 517 g/mol. The number of aryl methyl sites for hydroxylation is 1. The number of tetrazole rings is 1. The predicted octanol–water partition coefficient (Wildman–Crippen LogP) is 3.16. The van der Waals surface area contributed by atoms with E-state index in [2.05, 4.69) is 49.5 Å². The molecule has 1 aromatic carbocycles. The molecule has 3 atom stereocenters. The van der Waals surface area contributed by atoms with Gasteiger partial charge in [0.1, 0.15) is 17.5 Å². The van der Waals surface area contributed by atoms with Crippen molar-refractivity contribution in [1.29, 1.82) is 0 Å². The molecular formula is C27H34FN9O3. The van der Waals surface area contributed by atoms with Gasteiger partial charge in [-0.15, -0.1) is 0 Å². The van der Waals surface area contributed by atoms with Crippen molar-refractivity contribution in [1.82, 2.24) is 34.7 Å². The zero-order valence-corrected chi connectivity index (χ0v) is 23.0. The molecule has 212 valence electrons. The maximum absolute atomic E-state index is 14.7. The molecule has 1 unspecified atom stereocenters. The second-order valence-electron chi connectivity index (χ2n) is 11.4. The molecule has 13 heteroatoms. The average Bonchev–Trinajstić information content (AvgIpc) is 3.68. The van der Waals surface area contributed by atoms with Crippen molar-refractivity contribution in [2.24, 2.45) is 18.0 Å². The van der Waals surface area contributed by atoms with Crippen LogP contribution in [-0.4, -0.2) is 78.3 Å². The number of ether oxygens (including phenoxy) is 2. The third kappa shape index (κ3) is 5.35. The Balaban J connectivity index is 1.23. The van der Waals surface area contributed by atoms with E-state index in [4.69, 9.17) is 9.47 Å². The molecule has 0 aliphatic carbocycles. The lowest BCUT2D eigenvalue weighted by molar-refractivity contribution is 0.0429. The number of piperidine rings is 1. The fraction of sp³-hybridized carbons (Fsp3) is 0.556. The second kappa shape index (κ2) is 10.7. The van der Waals surface area contributed by atoms with Gasteiger partial charge in [0.15, 0.2) is 11.6 Å². The van der Waals surface area contributed by atoms with E-state index in [1.54, 1.807) is 18.2 Å². The Labute approximate surface area is 231 Å². The van der Waals surface area contributed by atoms with Gasteiger partial charge in [-0.05, 0) is 80.6 Å². The highest BCUT2D eigenvalue weighted by atomic mass is 19.1. The molecule has 12 nitrogen and oxygen atoms in total. The van der Waals surface area contributed by atoms with Crippen LogP contribution in [-0.2, 0) is 11.8 Å². The molecule has 0 bridgehead atoms. The van der Waals surface area contributed by atoms with E-state index in [0.717, 1.165) is 41.4 Å². The number of nitrogens with one attached hydrogen (secondary N) is 1. The van der Waals surface area contributed by atoms with Gasteiger partial charge in [0.2, 0.25) is 5.95 Å². The lowest BCUT2D eigenvalue weighted by atomic mass is 9.80. The van der Waals surface area contributed by atoms with Gasteiger partial charge >= 0.3 is 5.69 Å². The van der Waals surface area contributed by atoms with E-state index in [1.165, 1.54) is 19.9 Å². The van der Waals surface area contributed by atoms with Crippen molar-refractivity contribution in [2.75, 3.05) is 25.1 Å². The first-order valence-corrected chi connectivity index (χ1v) is 13.8. The van der Waals surface area contributed by atoms with Crippen LogP contribution >= 0.6 is 0 Å². The molecule has 3 aliphatic rings. The van der Waals surface area contributed by atoms with Crippen molar-refractivity contribution < 1.29 is 13.9 Å². The lowest BCUT2D eigenvalue weighted by Crippen LogP contribution is -2.52. The molecule has 3 saturated heterocycles. The maximum Gasteiger partial charge on any atom is 0.368 e. The van der Waals surface area contributed by atoms with Gasteiger partial charge < -0.3 is 14.8 Å². The highest BCUT2D eigenvalue weighted by Gasteiger charge is 2.42. The van der Waals surface area contributed by atoms with Crippen LogP contribution in [0.5, 0.6) is 5.75 Å². The number of halogens is 1. The van der Waals surface area contributed by atoms with Crippen LogP contribution in [0.3, 0.4) is 0 Å². The molecule has 6 rings (SSSR count). The maximum atomic E-state index is 14.7. The normalized spacial score (nSPS) is 24.4. The van der Waals surface area contributed by atoms with Gasteiger partial charge in [-0.2, -0.15) is 14.3 Å². The zero-order valence-electron chi connectivity index (χ0n) is 23.0. The molecule has 3 aliphatic heterocycles. The van der Waals surface area contributed by atoms with Gasteiger partial charge in [0.25, 0.3) is 0 Å². The molecule has 5 heterocycles. The van der Waals surface area contributed by atoms with E-state index in [-0.39, 0.29) is 29.3 Å². The summed E-state index contributed by atoms with van der Waals surface area (Å²) in [5.41, 5.74) is 0.623. The van der Waals surface area contributed by atoms with Crippen LogP contribution in [0, 0.1) is 11.7 Å². The van der Waals surface area contributed by atoms with Crippen LogP contribution < -0.4 is 15.7 Å². The summed E-state index contributed by atoms with van der Waals surface area (Å²) in [4.78, 5) is 28.1. The van der Waals surface area contributed by atoms with Gasteiger partial charge in [0, 0.05) is 37.0 Å². The Morgan fingerprint density at radius 3 is 2.92 bits per heavy atom. The highest BCUT2D eigenvalue weighted by molar-refractivity contribution is 5.66. The first-order chi connectivity index (χ1) is 19.3. The molecule has 3 fully saturated rings. The molecule has 0 saturated carbocycles. The number of hydrogen-bond donors (Lipinski definition) is 1. The molecule has 0 amide bonds. The number of aliphatic imine (C=N–C) groups is 1. The summed E-state index contributed by atoms with van der Waals surface area (Å²) in [6.07, 6.45) is 8.00. The minimum atomic E-state index is -0.589. The standard InChI is InChI=1S/C27H34FN9O3/c1-27(2)13-17(11-19-5-4-9-36(19)27)14-29-24-21(28)15-30-25(32-24)31-18-6-7-23(40-20-8-10-39-16-20)22(12-18)37-26(38)35(3)33-34-37/h6-7,12,14-15,17,19-20H,4-5,8-11,13,16H2,1-3H3,(H,30,31,32)/t17?,19-,20+/m0/s1. The first kappa shape index (κ1) is 26.5. The monoisotopic (exact) mass is 551 g/mol. The minimum absolute atomic E-state index is 0.0179. The Morgan fingerprint density at radius 1 is 1.27 bits per heavy atom. The fourth-order valence-corrected chi connectivity index (χ4v) is 6.11. The van der Waals surface area contributed by atoms with Crippen molar-refractivity contribution in [2.45, 2.75) is 63.6 Å². The van der Waals surface area contributed by atoms with E-state index in [9.17, 15) is 9.18 Å². The minimum Gasteiger partial charge on any atom is -0.486 e. The first-order valence-electron chi connectivity index (χ1n) is 13.8. The molecule has 0 radical (unpaired) electrons. The SMILES string of the molecule is Cn1nnn(-c2cc(Nc3ncc(F)c(N=CC4C[C@@H]5CCCN5C(C)(C)C4)n3)ccc2O[C@@H]2CCOC2)c1=O. The number of hydrogen-bond acceptors (Lipinski definition) is 10. The molecule has 40 heavy (non-hydrogen) atoms. The summed E-state index contributed by atoms with van der Waals surface area (Å²) in [7, 11) is 1.52. The van der Waals surface area contributed by atoms with Gasteiger partial charge in [-0.3, -0.25) is 4.90 Å². The topological polar surface area (TPSA) is 125 Å². The summed E-state index contributed by atoms with van der Waals surface area (Å²) in [5, 5.41) is 10.9. The Kier molecular flexibility index (Phi) is 7.09. The third-order valence-corrected chi connectivity index (χ3v) is 7.97. The lowest BCUT2D eigenvalue weighted by Gasteiger charge is -2.46. The van der Waals surface area contributed by atoms with Crippen LogP contribution in [0.4, 0.5) is 21.8 Å². The number of aromatic nitrogens is 6. The van der Waals surface area contributed by atoms with Gasteiger partial charge in [-0.1, -0.05) is 0 Å². The quantitative estimate of drug-likeness (QED) is 0.441. The van der Waals surface area contributed by atoms with E-state index < -0.39 is 11.5 Å². The molecule has 0 spiro atoms. The largest absolute Gasteiger partial charge is 0.486 e. The van der Waals surface area contributed by atoms with Gasteiger partial charge in [0.05, 0.1) is 19.4 Å². The van der Waals surface area contributed by atoms with Crippen molar-refractivity contribution in [3.8, 4) is 11.4 Å². The second-order valence-corrected chi connectivity index (χ2v) is 11.4. The molecule has 1 N–H and O–H groups in total. The zero-order chi connectivity index (χ0) is 27.9. The van der Waals surface area contributed by atoms with Crippen molar-refractivity contribution >= 4 is 23.7 Å². The van der Waals surface area contributed by atoms with Gasteiger partial charge in [-0.25, -0.2) is 19.2 Å². The smallest absolute Gasteiger partial charge is 0.368 e. The number of anilines is 2. The number of fused-ring (bicyclic) bond motifs is 1. The van der Waals surface area contributed by atoms with Crippen molar-refractivity contribution in [3.63, 3.8) is 0 Å². The predicted molar refractivity (Wildman–Crippen MR) is 146 cm³/mol. The van der Waals surface area contributed by atoms with Crippen LogP contribution in [0.15, 0.2) is 34.2 Å². The number of nitrogens with zero attached hydrogens (tertiary/aromatic N) is 8. The Morgan fingerprint density at radius 2 is 2.15 bits per heavy atom. The molecule has 3 aromatic rings. The van der Waals surface area contributed by atoms with E-state index >= 15 is 0 Å². The highest BCUT2D eigenvalue weighted by Crippen LogP contribution is 2.40. The summed E-state index contributed by atoms with van der Waals surface area (Å²) < 4.78 is 28.5. The fourth-order valence-electron chi connectivity index (χ4n) is 6.11. The van der Waals surface area contributed by atoms with E-state index in [1.807, 2.05) is 6.21 Å². The molecule has 2 aromatic heterocycles. The van der Waals surface area contributed by atoms with Crippen LogP contribution in [0.2, 0.25) is 0 Å². The third-order valence-electron chi connectivity index (χ3n) is 7.97. The van der Waals surface area contributed by atoms with Crippen molar-refractivity contribution in [3.05, 3.63) is 40.7 Å². The summed E-state index contributed by atoms with van der Waals surface area (Å²) in [6.45, 7) is 6.79. The number of rotatable bonds is 7. The van der Waals surface area contributed by atoms with Crippen LogP contribution in [0.25, 0.3) is 5.69 Å².